The van der Waals surface area contributed by atoms with E-state index in [9.17, 15) is 4.79 Å². The van der Waals surface area contributed by atoms with Gasteiger partial charge in [0.2, 0.25) is 0 Å². The topological polar surface area (TPSA) is 53.1 Å². The molecule has 3 aromatic carbocycles. The zero-order valence-electron chi connectivity index (χ0n) is 14.5. The fourth-order valence-corrected chi connectivity index (χ4v) is 3.34. The first-order valence-corrected chi connectivity index (χ1v) is 8.70. The zero-order valence-corrected chi connectivity index (χ0v) is 14.5. The summed E-state index contributed by atoms with van der Waals surface area (Å²) in [6.45, 7) is 2.18. The molecule has 0 saturated carbocycles. The van der Waals surface area contributed by atoms with Gasteiger partial charge in [0.05, 0.1) is 5.56 Å². The van der Waals surface area contributed by atoms with Gasteiger partial charge in [0.25, 0.3) is 0 Å². The first kappa shape index (κ1) is 16.2. The normalized spacial score (nSPS) is 11.0. The molecule has 0 aliphatic carbocycles. The molecule has 3 heteroatoms. The summed E-state index contributed by atoms with van der Waals surface area (Å²) in [5.74, 6) is -0.911. The number of fused-ring (bicyclic) bond motifs is 1. The van der Waals surface area contributed by atoms with Crippen molar-refractivity contribution in [1.29, 1.82) is 0 Å². The Morgan fingerprint density at radius 1 is 0.885 bits per heavy atom. The molecular weight excluding hydrogens is 322 g/mol. The first-order chi connectivity index (χ1) is 12.7. The lowest BCUT2D eigenvalue weighted by Gasteiger charge is -2.07. The van der Waals surface area contributed by atoms with Crippen LogP contribution in [-0.4, -0.2) is 16.1 Å². The molecule has 4 rings (SSSR count). The van der Waals surface area contributed by atoms with Crippen molar-refractivity contribution in [2.24, 2.45) is 0 Å². The van der Waals surface area contributed by atoms with Crippen molar-refractivity contribution >= 4 is 16.7 Å². The van der Waals surface area contributed by atoms with Crippen LogP contribution in [-0.2, 0) is 6.42 Å². The number of hydrogen-bond donors (Lipinski definition) is 2. The van der Waals surface area contributed by atoms with Crippen molar-refractivity contribution in [3.63, 3.8) is 0 Å². The SMILES string of the molecule is CCc1cccc2ccc(-c3ccc(-c4ccc(C(=O)O)cc4)[nH]3)cc12. The third-order valence-corrected chi connectivity index (χ3v) is 4.79. The molecule has 0 saturated heterocycles. The van der Waals surface area contributed by atoms with E-state index < -0.39 is 5.97 Å². The lowest BCUT2D eigenvalue weighted by Crippen LogP contribution is -1.94. The maximum Gasteiger partial charge on any atom is 0.335 e. The van der Waals surface area contributed by atoms with Crippen molar-refractivity contribution in [3.05, 3.63) is 83.9 Å². The van der Waals surface area contributed by atoms with E-state index in [-0.39, 0.29) is 0 Å². The summed E-state index contributed by atoms with van der Waals surface area (Å²) in [4.78, 5) is 14.4. The Hall–Kier alpha value is -3.33. The molecule has 0 amide bonds. The van der Waals surface area contributed by atoms with Crippen LogP contribution >= 0.6 is 0 Å². The van der Waals surface area contributed by atoms with Crippen molar-refractivity contribution in [2.75, 3.05) is 0 Å². The molecule has 0 unspecified atom stereocenters. The highest BCUT2D eigenvalue weighted by molar-refractivity contribution is 5.90. The lowest BCUT2D eigenvalue weighted by atomic mass is 9.99. The fourth-order valence-electron chi connectivity index (χ4n) is 3.34. The largest absolute Gasteiger partial charge is 0.478 e. The highest BCUT2D eigenvalue weighted by atomic mass is 16.4. The van der Waals surface area contributed by atoms with Crippen LogP contribution in [0.15, 0.2) is 72.8 Å². The van der Waals surface area contributed by atoms with Gasteiger partial charge < -0.3 is 10.1 Å². The summed E-state index contributed by atoms with van der Waals surface area (Å²) in [5, 5.41) is 11.6. The summed E-state index contributed by atoms with van der Waals surface area (Å²) >= 11 is 0. The Kier molecular flexibility index (Phi) is 4.05. The molecule has 0 bridgehead atoms. The quantitative estimate of drug-likeness (QED) is 0.495. The van der Waals surface area contributed by atoms with Crippen LogP contribution in [0.2, 0.25) is 0 Å². The molecule has 26 heavy (non-hydrogen) atoms. The number of aromatic amines is 1. The Labute approximate surface area is 151 Å². The van der Waals surface area contributed by atoms with Gasteiger partial charge in [-0.2, -0.15) is 0 Å². The number of hydrogen-bond acceptors (Lipinski definition) is 1. The second-order valence-corrected chi connectivity index (χ2v) is 6.37. The molecular formula is C23H19NO2. The van der Waals surface area contributed by atoms with E-state index in [1.165, 1.54) is 16.3 Å². The number of aromatic carboxylic acids is 1. The maximum atomic E-state index is 11.0. The second-order valence-electron chi connectivity index (χ2n) is 6.37. The average Bonchev–Trinajstić information content (AvgIpc) is 3.17. The van der Waals surface area contributed by atoms with Crippen molar-refractivity contribution in [3.8, 4) is 22.5 Å². The van der Waals surface area contributed by atoms with E-state index in [2.05, 4.69) is 54.4 Å². The molecule has 0 radical (unpaired) electrons. The number of carbonyl (C=O) groups is 1. The Morgan fingerprint density at radius 2 is 1.58 bits per heavy atom. The number of aryl methyl sites for hydroxylation is 1. The smallest absolute Gasteiger partial charge is 0.335 e. The van der Waals surface area contributed by atoms with Crippen LogP contribution in [0.3, 0.4) is 0 Å². The molecule has 1 heterocycles. The molecule has 128 valence electrons. The van der Waals surface area contributed by atoms with Crippen molar-refractivity contribution in [1.82, 2.24) is 4.98 Å². The number of carboxylic acid groups (broad SMARTS) is 1. The van der Waals surface area contributed by atoms with Crippen LogP contribution < -0.4 is 0 Å². The summed E-state index contributed by atoms with van der Waals surface area (Å²) in [7, 11) is 0. The fraction of sp³-hybridized carbons (Fsp3) is 0.0870. The van der Waals surface area contributed by atoms with Gasteiger partial charge in [0.1, 0.15) is 0 Å². The van der Waals surface area contributed by atoms with Gasteiger partial charge in [0.15, 0.2) is 0 Å². The molecule has 4 aromatic rings. The van der Waals surface area contributed by atoms with Gasteiger partial charge in [-0.15, -0.1) is 0 Å². The van der Waals surface area contributed by atoms with Crippen LogP contribution in [0.1, 0.15) is 22.8 Å². The number of benzene rings is 3. The lowest BCUT2D eigenvalue weighted by molar-refractivity contribution is 0.0697. The highest BCUT2D eigenvalue weighted by Crippen LogP contribution is 2.29. The van der Waals surface area contributed by atoms with E-state index in [0.29, 0.717) is 5.56 Å². The van der Waals surface area contributed by atoms with Crippen LogP contribution in [0.5, 0.6) is 0 Å². The standard InChI is InChI=1S/C23H19NO2/c1-2-15-4-3-5-16-6-11-19(14-20(15)16)22-13-12-21(24-22)17-7-9-18(10-8-17)23(25)26/h3-14,24H,2H2,1H3,(H,25,26). The summed E-state index contributed by atoms with van der Waals surface area (Å²) < 4.78 is 0. The van der Waals surface area contributed by atoms with Gasteiger partial charge in [-0.1, -0.05) is 49.4 Å². The molecule has 0 aliphatic heterocycles. The van der Waals surface area contributed by atoms with Crippen LogP contribution in [0.25, 0.3) is 33.3 Å². The minimum Gasteiger partial charge on any atom is -0.478 e. The monoisotopic (exact) mass is 341 g/mol. The minimum absolute atomic E-state index is 0.294. The van der Waals surface area contributed by atoms with E-state index in [4.69, 9.17) is 5.11 Å². The Balaban J connectivity index is 1.71. The number of aromatic nitrogens is 1. The van der Waals surface area contributed by atoms with Gasteiger partial charge in [-0.05, 0) is 64.2 Å². The average molecular weight is 341 g/mol. The van der Waals surface area contributed by atoms with E-state index in [0.717, 1.165) is 28.9 Å². The molecule has 0 atom stereocenters. The molecule has 1 aromatic heterocycles. The van der Waals surface area contributed by atoms with Crippen molar-refractivity contribution < 1.29 is 9.90 Å². The Bertz CT molecular complexity index is 1090. The molecule has 0 fully saturated rings. The van der Waals surface area contributed by atoms with Gasteiger partial charge in [0, 0.05) is 11.4 Å². The third kappa shape index (κ3) is 2.88. The predicted molar refractivity (Wildman–Crippen MR) is 106 cm³/mol. The summed E-state index contributed by atoms with van der Waals surface area (Å²) in [6.07, 6.45) is 1.01. The minimum atomic E-state index is -0.911. The molecule has 0 aliphatic rings. The van der Waals surface area contributed by atoms with Gasteiger partial charge in [-0.25, -0.2) is 4.79 Å². The highest BCUT2D eigenvalue weighted by Gasteiger charge is 2.08. The zero-order chi connectivity index (χ0) is 18.1. The Morgan fingerprint density at radius 3 is 2.27 bits per heavy atom. The summed E-state index contributed by atoms with van der Waals surface area (Å²) in [5.41, 5.74) is 5.78. The van der Waals surface area contributed by atoms with Crippen LogP contribution in [0.4, 0.5) is 0 Å². The van der Waals surface area contributed by atoms with Gasteiger partial charge in [-0.3, -0.25) is 0 Å². The van der Waals surface area contributed by atoms with Crippen molar-refractivity contribution in [2.45, 2.75) is 13.3 Å². The van der Waals surface area contributed by atoms with E-state index in [1.54, 1.807) is 12.1 Å². The first-order valence-electron chi connectivity index (χ1n) is 8.70. The number of H-pyrrole nitrogens is 1. The molecule has 0 spiro atoms. The molecule has 2 N–H and O–H groups in total. The maximum absolute atomic E-state index is 11.0. The molecule has 3 nitrogen and oxygen atoms in total. The second kappa shape index (κ2) is 6.52. The third-order valence-electron chi connectivity index (χ3n) is 4.79. The number of rotatable bonds is 4. The van der Waals surface area contributed by atoms with Gasteiger partial charge >= 0.3 is 5.97 Å². The summed E-state index contributed by atoms with van der Waals surface area (Å²) in [6, 6.07) is 23.9. The predicted octanol–water partition coefficient (Wildman–Crippen LogP) is 5.76. The number of carboxylic acids is 1. The number of nitrogens with one attached hydrogen (secondary N) is 1. The van der Waals surface area contributed by atoms with Crippen LogP contribution in [0, 0.1) is 0 Å². The van der Waals surface area contributed by atoms with E-state index in [1.807, 2.05) is 18.2 Å². The van der Waals surface area contributed by atoms with E-state index >= 15 is 0 Å².